The van der Waals surface area contributed by atoms with E-state index in [4.69, 9.17) is 4.98 Å². The molecule has 1 fully saturated rings. The number of hydrogen-bond donors (Lipinski definition) is 1. The number of pyridine rings is 1. The molecule has 0 spiro atoms. The van der Waals surface area contributed by atoms with Gasteiger partial charge in [0.15, 0.2) is 0 Å². The largest absolute Gasteiger partial charge is 0.383 e. The molecule has 1 N–H and O–H groups in total. The molecule has 3 nitrogen and oxygen atoms in total. The van der Waals surface area contributed by atoms with Crippen LogP contribution in [-0.4, -0.2) is 35.1 Å². The summed E-state index contributed by atoms with van der Waals surface area (Å²) in [6, 6.07) is 8.80. The molecule has 2 heterocycles. The van der Waals surface area contributed by atoms with Crippen LogP contribution in [0.5, 0.6) is 0 Å². The number of aromatic nitrogens is 1. The van der Waals surface area contributed by atoms with Gasteiger partial charge in [-0.15, -0.1) is 0 Å². The van der Waals surface area contributed by atoms with Crippen molar-refractivity contribution in [1.82, 2.24) is 9.88 Å². The summed E-state index contributed by atoms with van der Waals surface area (Å²) in [5.41, 5.74) is 4.50. The summed E-state index contributed by atoms with van der Waals surface area (Å²) in [7, 11) is 2.09. The highest BCUT2D eigenvalue weighted by molar-refractivity contribution is 5.69. The molecule has 0 atom stereocenters. The highest BCUT2D eigenvalue weighted by atomic mass is 19.1. The number of fused-ring (bicyclic) bond motifs is 1. The van der Waals surface area contributed by atoms with Gasteiger partial charge in [-0.2, -0.15) is 0 Å². The van der Waals surface area contributed by atoms with Crippen LogP contribution in [0.25, 0.3) is 11.1 Å². The highest BCUT2D eigenvalue weighted by Gasteiger charge is 2.35. The van der Waals surface area contributed by atoms with E-state index in [1.54, 1.807) is 0 Å². The third kappa shape index (κ3) is 3.40. The van der Waals surface area contributed by atoms with Gasteiger partial charge in [-0.25, -0.2) is 4.39 Å². The second-order valence-electron chi connectivity index (χ2n) is 7.88. The SMILES string of the molecule is CN1CCC(O)(c2cc(-c3ccc(F)cc3)c3c(n2)CCCCC3)CC1. The normalized spacial score (nSPS) is 20.4. The summed E-state index contributed by atoms with van der Waals surface area (Å²) in [5.74, 6) is -0.219. The molecule has 0 bridgehead atoms. The van der Waals surface area contributed by atoms with E-state index in [-0.39, 0.29) is 5.82 Å². The van der Waals surface area contributed by atoms with Crippen LogP contribution in [0.2, 0.25) is 0 Å². The van der Waals surface area contributed by atoms with Crippen molar-refractivity contribution >= 4 is 0 Å². The minimum absolute atomic E-state index is 0.219. The zero-order chi connectivity index (χ0) is 18.1. The summed E-state index contributed by atoms with van der Waals surface area (Å²) in [6.07, 6.45) is 6.91. The Hall–Kier alpha value is -1.78. The Bertz CT molecular complexity index is 779. The van der Waals surface area contributed by atoms with E-state index in [9.17, 15) is 9.50 Å². The van der Waals surface area contributed by atoms with E-state index in [2.05, 4.69) is 18.0 Å². The molecule has 0 radical (unpaired) electrons. The third-order valence-corrected chi connectivity index (χ3v) is 6.00. The van der Waals surface area contributed by atoms with Crippen LogP contribution in [0.4, 0.5) is 4.39 Å². The van der Waals surface area contributed by atoms with Crippen LogP contribution in [0.3, 0.4) is 0 Å². The molecular formula is C22H27FN2O. The molecule has 4 rings (SSSR count). The van der Waals surface area contributed by atoms with Crippen LogP contribution in [-0.2, 0) is 18.4 Å². The molecule has 2 aromatic rings. The van der Waals surface area contributed by atoms with E-state index in [1.165, 1.54) is 24.1 Å². The predicted octanol–water partition coefficient (Wildman–Crippen LogP) is 4.07. The monoisotopic (exact) mass is 354 g/mol. The fourth-order valence-electron chi connectivity index (χ4n) is 4.25. The van der Waals surface area contributed by atoms with Gasteiger partial charge in [0.25, 0.3) is 0 Å². The Labute approximate surface area is 154 Å². The Kier molecular flexibility index (Phi) is 4.80. The van der Waals surface area contributed by atoms with Crippen molar-refractivity contribution in [1.29, 1.82) is 0 Å². The lowest BCUT2D eigenvalue weighted by molar-refractivity contribution is -0.0239. The quantitative estimate of drug-likeness (QED) is 0.826. The maximum absolute atomic E-state index is 13.4. The van der Waals surface area contributed by atoms with Gasteiger partial charge in [0.2, 0.25) is 0 Å². The van der Waals surface area contributed by atoms with Crippen LogP contribution in [0.15, 0.2) is 30.3 Å². The van der Waals surface area contributed by atoms with E-state index < -0.39 is 5.60 Å². The Balaban J connectivity index is 1.82. The molecule has 26 heavy (non-hydrogen) atoms. The van der Waals surface area contributed by atoms with Crippen LogP contribution in [0.1, 0.15) is 49.1 Å². The van der Waals surface area contributed by atoms with E-state index in [0.717, 1.165) is 61.3 Å². The molecular weight excluding hydrogens is 327 g/mol. The Morgan fingerprint density at radius 1 is 1.04 bits per heavy atom. The Morgan fingerprint density at radius 3 is 2.46 bits per heavy atom. The van der Waals surface area contributed by atoms with Crippen molar-refractivity contribution in [3.05, 3.63) is 53.1 Å². The van der Waals surface area contributed by atoms with Gasteiger partial charge in [0.05, 0.1) is 5.69 Å². The molecule has 0 amide bonds. The minimum atomic E-state index is -0.859. The molecule has 138 valence electrons. The topological polar surface area (TPSA) is 36.4 Å². The first kappa shape index (κ1) is 17.6. The summed E-state index contributed by atoms with van der Waals surface area (Å²) in [5, 5.41) is 11.3. The van der Waals surface area contributed by atoms with Gasteiger partial charge in [0, 0.05) is 18.8 Å². The van der Waals surface area contributed by atoms with Crippen LogP contribution < -0.4 is 0 Å². The van der Waals surface area contributed by atoms with Gasteiger partial charge >= 0.3 is 0 Å². The van der Waals surface area contributed by atoms with Crippen molar-refractivity contribution < 1.29 is 9.50 Å². The first-order valence-electron chi connectivity index (χ1n) is 9.75. The number of rotatable bonds is 2. The van der Waals surface area contributed by atoms with Crippen molar-refractivity contribution in [2.24, 2.45) is 0 Å². The van der Waals surface area contributed by atoms with Gasteiger partial charge in [-0.1, -0.05) is 18.6 Å². The van der Waals surface area contributed by atoms with E-state index >= 15 is 0 Å². The maximum Gasteiger partial charge on any atom is 0.123 e. The van der Waals surface area contributed by atoms with Crippen molar-refractivity contribution in [3.8, 4) is 11.1 Å². The number of likely N-dealkylation sites (tertiary alicyclic amines) is 1. The maximum atomic E-state index is 13.4. The molecule has 0 unspecified atom stereocenters. The van der Waals surface area contributed by atoms with Crippen LogP contribution in [0, 0.1) is 5.82 Å². The van der Waals surface area contributed by atoms with E-state index in [0.29, 0.717) is 12.8 Å². The first-order valence-corrected chi connectivity index (χ1v) is 9.75. The number of benzene rings is 1. The fourth-order valence-corrected chi connectivity index (χ4v) is 4.25. The van der Waals surface area contributed by atoms with Crippen molar-refractivity contribution in [3.63, 3.8) is 0 Å². The fraction of sp³-hybridized carbons (Fsp3) is 0.500. The lowest BCUT2D eigenvalue weighted by atomic mass is 9.85. The van der Waals surface area contributed by atoms with Gasteiger partial charge in [-0.3, -0.25) is 4.98 Å². The molecule has 1 aliphatic carbocycles. The van der Waals surface area contributed by atoms with E-state index in [1.807, 2.05) is 12.1 Å². The standard InChI is InChI=1S/C22H27FN2O/c1-25-13-11-22(26,12-14-25)21-15-19(16-7-9-17(23)10-8-16)18-5-3-2-4-6-20(18)24-21/h7-10,15,26H,2-6,11-14H2,1H3. The number of hydrogen-bond acceptors (Lipinski definition) is 3. The zero-order valence-electron chi connectivity index (χ0n) is 15.5. The molecule has 1 aromatic carbocycles. The smallest absolute Gasteiger partial charge is 0.123 e. The predicted molar refractivity (Wildman–Crippen MR) is 102 cm³/mol. The number of aliphatic hydroxyl groups is 1. The number of aryl methyl sites for hydroxylation is 1. The summed E-state index contributed by atoms with van der Waals surface area (Å²) in [6.45, 7) is 1.75. The van der Waals surface area contributed by atoms with Crippen LogP contribution >= 0.6 is 0 Å². The van der Waals surface area contributed by atoms with Gasteiger partial charge in [0.1, 0.15) is 11.4 Å². The summed E-state index contributed by atoms with van der Waals surface area (Å²) >= 11 is 0. The lowest BCUT2D eigenvalue weighted by Gasteiger charge is -2.36. The second-order valence-corrected chi connectivity index (χ2v) is 7.88. The zero-order valence-corrected chi connectivity index (χ0v) is 15.5. The lowest BCUT2D eigenvalue weighted by Crippen LogP contribution is -2.41. The average molecular weight is 354 g/mol. The van der Waals surface area contributed by atoms with Crippen molar-refractivity contribution in [2.75, 3.05) is 20.1 Å². The highest BCUT2D eigenvalue weighted by Crippen LogP contribution is 2.37. The summed E-state index contributed by atoms with van der Waals surface area (Å²) < 4.78 is 13.4. The summed E-state index contributed by atoms with van der Waals surface area (Å²) in [4.78, 5) is 7.20. The van der Waals surface area contributed by atoms with Gasteiger partial charge in [-0.05, 0) is 80.5 Å². The van der Waals surface area contributed by atoms with Crippen molar-refractivity contribution in [2.45, 2.75) is 50.5 Å². The number of halogens is 1. The number of nitrogens with zero attached hydrogens (tertiary/aromatic N) is 2. The Morgan fingerprint density at radius 2 is 1.73 bits per heavy atom. The molecule has 2 aliphatic rings. The molecule has 1 aromatic heterocycles. The first-order chi connectivity index (χ1) is 12.5. The third-order valence-electron chi connectivity index (χ3n) is 6.00. The number of piperidine rings is 1. The molecule has 1 aliphatic heterocycles. The second kappa shape index (κ2) is 7.09. The molecule has 1 saturated heterocycles. The minimum Gasteiger partial charge on any atom is -0.383 e. The average Bonchev–Trinajstić information content (AvgIpc) is 2.90. The molecule has 0 saturated carbocycles. The molecule has 4 heteroatoms. The van der Waals surface area contributed by atoms with Gasteiger partial charge < -0.3 is 10.0 Å².